The Kier molecular flexibility index (Phi) is 4.19. The molecule has 3 aromatic rings. The first-order valence-corrected chi connectivity index (χ1v) is 8.90. The van der Waals surface area contributed by atoms with Crippen LogP contribution < -0.4 is 9.64 Å². The van der Waals surface area contributed by atoms with E-state index in [1.807, 2.05) is 6.07 Å². The molecule has 25 heavy (non-hydrogen) atoms. The van der Waals surface area contributed by atoms with Crippen LogP contribution >= 0.6 is 0 Å². The quantitative estimate of drug-likeness (QED) is 0.622. The molecule has 2 nitrogen and oxygen atoms in total. The van der Waals surface area contributed by atoms with Gasteiger partial charge in [0.15, 0.2) is 6.73 Å². The van der Waals surface area contributed by atoms with Gasteiger partial charge in [0, 0.05) is 17.8 Å². The molecule has 1 heterocycles. The topological polar surface area (TPSA) is 12.5 Å². The molecule has 0 amide bonds. The number of nitrogens with zero attached hydrogens (tertiary/aromatic N) is 1. The Morgan fingerprint density at radius 1 is 0.920 bits per heavy atom. The molecule has 0 aliphatic carbocycles. The highest BCUT2D eigenvalue weighted by atomic mass is 16.5. The predicted molar refractivity (Wildman–Crippen MR) is 104 cm³/mol. The van der Waals surface area contributed by atoms with Crippen molar-refractivity contribution in [2.45, 2.75) is 26.8 Å². The summed E-state index contributed by atoms with van der Waals surface area (Å²) in [7, 11) is 0. The zero-order valence-corrected chi connectivity index (χ0v) is 14.8. The molecule has 0 fully saturated rings. The predicted octanol–water partition coefficient (Wildman–Crippen LogP) is 5.58. The van der Waals surface area contributed by atoms with Crippen LogP contribution in [0.3, 0.4) is 0 Å². The van der Waals surface area contributed by atoms with Gasteiger partial charge in [0.2, 0.25) is 0 Å². The largest absolute Gasteiger partial charge is 0.473 e. The Balaban J connectivity index is 1.66. The van der Waals surface area contributed by atoms with Crippen LogP contribution in [-0.2, 0) is 13.0 Å². The Morgan fingerprint density at radius 2 is 1.68 bits per heavy atom. The first-order chi connectivity index (χ1) is 12.2. The van der Waals surface area contributed by atoms with Crippen molar-refractivity contribution in [3.05, 3.63) is 83.4 Å². The maximum Gasteiger partial charge on any atom is 0.161 e. The average molecular weight is 329 g/mol. The standard InChI is InChI=1S/C23H23NO/c1-3-18-13-19(10-9-17(18)2)20-11-12-23-21(14-20)15-24(16-25-23)22-7-5-4-6-8-22/h4-14H,3,15-16H2,1-2H3. The Labute approximate surface area is 149 Å². The molecule has 1 aliphatic heterocycles. The number of para-hydroxylation sites is 1. The summed E-state index contributed by atoms with van der Waals surface area (Å²) in [6.45, 7) is 5.87. The normalized spacial score (nSPS) is 13.3. The number of ether oxygens (including phenoxy) is 1. The van der Waals surface area contributed by atoms with Crippen molar-refractivity contribution in [1.29, 1.82) is 0 Å². The molecule has 0 bridgehead atoms. The van der Waals surface area contributed by atoms with Gasteiger partial charge in [-0.15, -0.1) is 0 Å². The smallest absolute Gasteiger partial charge is 0.161 e. The third kappa shape index (κ3) is 3.12. The SMILES string of the molecule is CCc1cc(-c2ccc3c(c2)CN(c2ccccc2)CO3)ccc1C. The minimum absolute atomic E-state index is 0.598. The number of benzene rings is 3. The summed E-state index contributed by atoms with van der Waals surface area (Å²) in [4.78, 5) is 2.26. The lowest BCUT2D eigenvalue weighted by Gasteiger charge is -2.31. The molecule has 0 spiro atoms. The van der Waals surface area contributed by atoms with Gasteiger partial charge in [-0.2, -0.15) is 0 Å². The van der Waals surface area contributed by atoms with Crippen LogP contribution in [-0.4, -0.2) is 6.73 Å². The van der Waals surface area contributed by atoms with E-state index in [9.17, 15) is 0 Å². The van der Waals surface area contributed by atoms with Crippen molar-refractivity contribution >= 4 is 5.69 Å². The lowest BCUT2D eigenvalue weighted by molar-refractivity contribution is 0.289. The Morgan fingerprint density at radius 3 is 2.48 bits per heavy atom. The maximum atomic E-state index is 5.97. The van der Waals surface area contributed by atoms with Crippen LogP contribution in [0.5, 0.6) is 5.75 Å². The van der Waals surface area contributed by atoms with E-state index in [2.05, 4.69) is 79.4 Å². The summed E-state index contributed by atoms with van der Waals surface area (Å²) >= 11 is 0. The first-order valence-electron chi connectivity index (χ1n) is 8.90. The molecule has 0 atom stereocenters. The van der Waals surface area contributed by atoms with Gasteiger partial charge in [-0.1, -0.05) is 49.4 Å². The fraction of sp³-hybridized carbons (Fsp3) is 0.217. The third-order valence-electron chi connectivity index (χ3n) is 4.98. The summed E-state index contributed by atoms with van der Waals surface area (Å²) in [5.74, 6) is 0.999. The summed E-state index contributed by atoms with van der Waals surface area (Å²) in [6, 6.07) is 23.7. The second kappa shape index (κ2) is 6.64. The Bertz CT molecular complexity index is 886. The molecule has 0 radical (unpaired) electrons. The number of aryl methyl sites for hydroxylation is 2. The molecule has 0 unspecified atom stereocenters. The van der Waals surface area contributed by atoms with E-state index in [0.29, 0.717) is 6.73 Å². The van der Waals surface area contributed by atoms with E-state index in [0.717, 1.165) is 18.7 Å². The number of anilines is 1. The van der Waals surface area contributed by atoms with Crippen molar-refractivity contribution in [3.8, 4) is 16.9 Å². The van der Waals surface area contributed by atoms with Crippen LogP contribution in [0.2, 0.25) is 0 Å². The minimum Gasteiger partial charge on any atom is -0.473 e. The highest BCUT2D eigenvalue weighted by Crippen LogP contribution is 2.32. The van der Waals surface area contributed by atoms with Gasteiger partial charge in [0.25, 0.3) is 0 Å². The zero-order chi connectivity index (χ0) is 17.2. The van der Waals surface area contributed by atoms with Crippen LogP contribution in [0.4, 0.5) is 5.69 Å². The molecule has 0 aromatic heterocycles. The van der Waals surface area contributed by atoms with Gasteiger partial charge in [-0.25, -0.2) is 0 Å². The highest BCUT2D eigenvalue weighted by Gasteiger charge is 2.18. The molecule has 4 rings (SSSR count). The molecule has 2 heteroatoms. The molecule has 0 saturated heterocycles. The molecule has 126 valence electrons. The lowest BCUT2D eigenvalue weighted by atomic mass is 9.97. The van der Waals surface area contributed by atoms with E-state index in [1.54, 1.807) is 0 Å². The average Bonchev–Trinajstić information content (AvgIpc) is 2.68. The summed E-state index contributed by atoms with van der Waals surface area (Å²) in [6.07, 6.45) is 1.06. The van der Waals surface area contributed by atoms with Crippen molar-refractivity contribution in [3.63, 3.8) is 0 Å². The van der Waals surface area contributed by atoms with E-state index in [1.165, 1.54) is 33.5 Å². The van der Waals surface area contributed by atoms with Crippen molar-refractivity contribution < 1.29 is 4.74 Å². The molecule has 0 N–H and O–H groups in total. The van der Waals surface area contributed by atoms with Gasteiger partial charge < -0.3 is 9.64 Å². The van der Waals surface area contributed by atoms with Crippen molar-refractivity contribution in [2.75, 3.05) is 11.6 Å². The van der Waals surface area contributed by atoms with Gasteiger partial charge >= 0.3 is 0 Å². The van der Waals surface area contributed by atoms with E-state index >= 15 is 0 Å². The second-order valence-electron chi connectivity index (χ2n) is 6.62. The number of hydrogen-bond acceptors (Lipinski definition) is 2. The fourth-order valence-electron chi connectivity index (χ4n) is 3.46. The summed E-state index contributed by atoms with van der Waals surface area (Å²) in [5.41, 5.74) is 7.75. The molecule has 3 aromatic carbocycles. The Hall–Kier alpha value is -2.74. The van der Waals surface area contributed by atoms with E-state index in [-0.39, 0.29) is 0 Å². The van der Waals surface area contributed by atoms with Crippen molar-refractivity contribution in [1.82, 2.24) is 0 Å². The van der Waals surface area contributed by atoms with Gasteiger partial charge in [-0.3, -0.25) is 0 Å². The third-order valence-corrected chi connectivity index (χ3v) is 4.98. The maximum absolute atomic E-state index is 5.97. The molecular formula is C23H23NO. The van der Waals surface area contributed by atoms with Gasteiger partial charge in [0.05, 0.1) is 0 Å². The molecular weight excluding hydrogens is 306 g/mol. The fourth-order valence-corrected chi connectivity index (χ4v) is 3.46. The van der Waals surface area contributed by atoms with Gasteiger partial charge in [0.1, 0.15) is 5.75 Å². The number of rotatable bonds is 3. The number of fused-ring (bicyclic) bond motifs is 1. The first kappa shape index (κ1) is 15.8. The second-order valence-corrected chi connectivity index (χ2v) is 6.62. The zero-order valence-electron chi connectivity index (χ0n) is 14.8. The van der Waals surface area contributed by atoms with Crippen LogP contribution in [0.1, 0.15) is 23.6 Å². The van der Waals surface area contributed by atoms with Crippen LogP contribution in [0.25, 0.3) is 11.1 Å². The lowest BCUT2D eigenvalue weighted by Crippen LogP contribution is -2.31. The molecule has 0 saturated carbocycles. The summed E-state index contributed by atoms with van der Waals surface area (Å²) < 4.78 is 5.97. The minimum atomic E-state index is 0.598. The van der Waals surface area contributed by atoms with E-state index in [4.69, 9.17) is 4.74 Å². The van der Waals surface area contributed by atoms with Crippen molar-refractivity contribution in [2.24, 2.45) is 0 Å². The van der Waals surface area contributed by atoms with Crippen LogP contribution in [0, 0.1) is 6.92 Å². The number of hydrogen-bond donors (Lipinski definition) is 0. The summed E-state index contributed by atoms with van der Waals surface area (Å²) in [5, 5.41) is 0. The molecule has 1 aliphatic rings. The van der Waals surface area contributed by atoms with E-state index < -0.39 is 0 Å². The monoisotopic (exact) mass is 329 g/mol. The van der Waals surface area contributed by atoms with Crippen LogP contribution in [0.15, 0.2) is 66.7 Å². The highest BCUT2D eigenvalue weighted by molar-refractivity contribution is 5.67. The van der Waals surface area contributed by atoms with Gasteiger partial charge in [-0.05, 0) is 59.9 Å².